The van der Waals surface area contributed by atoms with E-state index in [4.69, 9.17) is 9.47 Å². The van der Waals surface area contributed by atoms with E-state index in [2.05, 4.69) is 31.1 Å². The smallest absolute Gasteiger partial charge is 0.319 e. The van der Waals surface area contributed by atoms with Gasteiger partial charge in [0, 0.05) is 19.3 Å². The van der Waals surface area contributed by atoms with Gasteiger partial charge in [0.05, 0.1) is 25.5 Å². The fourth-order valence-corrected chi connectivity index (χ4v) is 3.84. The summed E-state index contributed by atoms with van der Waals surface area (Å²) in [6, 6.07) is 4.27. The standard InChI is InChI=1S/C18H20N6O2/c1-25-16-12(10-20-17(21-16)26-2)13-8-15(14(9-19)23-22-13)24-7-6-18(11-24)4-3-5-18/h8,10H,3-7,11H2,1-2H3. The molecule has 1 saturated carbocycles. The van der Waals surface area contributed by atoms with Crippen LogP contribution in [0.3, 0.4) is 0 Å². The van der Waals surface area contributed by atoms with Gasteiger partial charge >= 0.3 is 6.01 Å². The van der Waals surface area contributed by atoms with Crippen LogP contribution >= 0.6 is 0 Å². The number of rotatable bonds is 4. The van der Waals surface area contributed by atoms with E-state index < -0.39 is 0 Å². The third-order valence-electron chi connectivity index (χ3n) is 5.46. The lowest BCUT2D eigenvalue weighted by Gasteiger charge is -2.38. The van der Waals surface area contributed by atoms with Crippen molar-refractivity contribution in [2.45, 2.75) is 25.7 Å². The van der Waals surface area contributed by atoms with Crippen LogP contribution in [0.15, 0.2) is 12.3 Å². The van der Waals surface area contributed by atoms with Crippen LogP contribution in [0.25, 0.3) is 11.3 Å². The summed E-state index contributed by atoms with van der Waals surface area (Å²) < 4.78 is 10.4. The monoisotopic (exact) mass is 352 g/mol. The molecule has 0 unspecified atom stereocenters. The van der Waals surface area contributed by atoms with Gasteiger partial charge in [-0.15, -0.1) is 10.2 Å². The van der Waals surface area contributed by atoms with E-state index in [1.807, 2.05) is 6.07 Å². The van der Waals surface area contributed by atoms with Crippen LogP contribution in [0.2, 0.25) is 0 Å². The Morgan fingerprint density at radius 3 is 2.65 bits per heavy atom. The molecule has 8 heteroatoms. The minimum Gasteiger partial charge on any atom is -0.480 e. The van der Waals surface area contributed by atoms with Gasteiger partial charge in [0.25, 0.3) is 0 Å². The molecule has 0 atom stereocenters. The van der Waals surface area contributed by atoms with Crippen molar-refractivity contribution in [3.05, 3.63) is 18.0 Å². The van der Waals surface area contributed by atoms with Crippen molar-refractivity contribution in [3.8, 4) is 29.2 Å². The highest BCUT2D eigenvalue weighted by Crippen LogP contribution is 2.49. The molecule has 2 aliphatic rings. The number of anilines is 1. The molecule has 2 aromatic heterocycles. The summed E-state index contributed by atoms with van der Waals surface area (Å²) in [6.45, 7) is 1.92. The summed E-state index contributed by atoms with van der Waals surface area (Å²) in [5.41, 5.74) is 2.78. The van der Waals surface area contributed by atoms with Crippen molar-refractivity contribution in [1.29, 1.82) is 5.26 Å². The molecule has 8 nitrogen and oxygen atoms in total. The lowest BCUT2D eigenvalue weighted by molar-refractivity contribution is 0.165. The van der Waals surface area contributed by atoms with Gasteiger partial charge in [0.15, 0.2) is 5.69 Å². The van der Waals surface area contributed by atoms with Gasteiger partial charge in [-0.1, -0.05) is 6.42 Å². The number of nitrogens with zero attached hydrogens (tertiary/aromatic N) is 6. The van der Waals surface area contributed by atoms with Crippen molar-refractivity contribution in [2.75, 3.05) is 32.2 Å². The third kappa shape index (κ3) is 2.69. The minimum absolute atomic E-state index is 0.221. The Balaban J connectivity index is 1.72. The minimum atomic E-state index is 0.221. The van der Waals surface area contributed by atoms with Crippen molar-refractivity contribution >= 4 is 5.69 Å². The van der Waals surface area contributed by atoms with Crippen LogP contribution in [-0.4, -0.2) is 47.5 Å². The summed E-state index contributed by atoms with van der Waals surface area (Å²) in [5.74, 6) is 0.360. The fourth-order valence-electron chi connectivity index (χ4n) is 3.84. The first-order valence-corrected chi connectivity index (χ1v) is 8.66. The Kier molecular flexibility index (Phi) is 4.07. The van der Waals surface area contributed by atoms with E-state index in [0.29, 0.717) is 28.2 Å². The van der Waals surface area contributed by atoms with Crippen molar-refractivity contribution in [1.82, 2.24) is 20.2 Å². The van der Waals surface area contributed by atoms with Crippen molar-refractivity contribution in [3.63, 3.8) is 0 Å². The summed E-state index contributed by atoms with van der Waals surface area (Å²) in [4.78, 5) is 10.6. The molecular formula is C18H20N6O2. The first kappa shape index (κ1) is 16.5. The van der Waals surface area contributed by atoms with Gasteiger partial charge in [0.1, 0.15) is 11.8 Å². The molecule has 0 bridgehead atoms. The van der Waals surface area contributed by atoms with E-state index in [-0.39, 0.29) is 6.01 Å². The molecule has 4 rings (SSSR count). The number of hydrogen-bond donors (Lipinski definition) is 0. The normalized spacial score (nSPS) is 17.7. The molecule has 26 heavy (non-hydrogen) atoms. The fraction of sp³-hybridized carbons (Fsp3) is 0.500. The maximum atomic E-state index is 9.47. The SMILES string of the molecule is COc1ncc(-c2cc(N3CCC4(CCC4)C3)c(C#N)nn2)c(OC)n1. The van der Waals surface area contributed by atoms with E-state index in [9.17, 15) is 5.26 Å². The summed E-state index contributed by atoms with van der Waals surface area (Å²) in [7, 11) is 3.03. The second-order valence-corrected chi connectivity index (χ2v) is 6.88. The van der Waals surface area contributed by atoms with Crippen LogP contribution in [0.1, 0.15) is 31.4 Å². The van der Waals surface area contributed by atoms with Gasteiger partial charge in [0.2, 0.25) is 5.88 Å². The molecule has 1 aliphatic heterocycles. The first-order chi connectivity index (χ1) is 12.7. The maximum absolute atomic E-state index is 9.47. The first-order valence-electron chi connectivity index (χ1n) is 8.66. The van der Waals surface area contributed by atoms with Crippen LogP contribution in [0.5, 0.6) is 11.9 Å². The molecule has 2 aromatic rings. The molecule has 1 spiro atoms. The van der Waals surface area contributed by atoms with E-state index in [1.165, 1.54) is 39.9 Å². The van der Waals surface area contributed by atoms with Gasteiger partial charge in [-0.3, -0.25) is 0 Å². The third-order valence-corrected chi connectivity index (χ3v) is 5.46. The Morgan fingerprint density at radius 1 is 1.19 bits per heavy atom. The molecule has 1 saturated heterocycles. The Bertz CT molecular complexity index is 874. The van der Waals surface area contributed by atoms with E-state index in [0.717, 1.165) is 18.8 Å². The second-order valence-electron chi connectivity index (χ2n) is 6.88. The lowest BCUT2D eigenvalue weighted by atomic mass is 9.68. The molecule has 1 aliphatic carbocycles. The highest BCUT2D eigenvalue weighted by molar-refractivity contribution is 5.70. The van der Waals surface area contributed by atoms with E-state index in [1.54, 1.807) is 6.20 Å². The van der Waals surface area contributed by atoms with Gasteiger partial charge in [-0.05, 0) is 30.7 Å². The molecule has 3 heterocycles. The predicted octanol–water partition coefficient (Wildman–Crippen LogP) is 2.20. The van der Waals surface area contributed by atoms with Crippen LogP contribution in [0.4, 0.5) is 5.69 Å². The zero-order chi connectivity index (χ0) is 18.1. The maximum Gasteiger partial charge on any atom is 0.319 e. The Morgan fingerprint density at radius 2 is 2.04 bits per heavy atom. The van der Waals surface area contributed by atoms with Crippen LogP contribution in [-0.2, 0) is 0 Å². The topological polar surface area (TPSA) is 97.1 Å². The van der Waals surface area contributed by atoms with Crippen LogP contribution < -0.4 is 14.4 Å². The molecule has 0 amide bonds. The van der Waals surface area contributed by atoms with Gasteiger partial charge in [-0.2, -0.15) is 10.2 Å². The van der Waals surface area contributed by atoms with Crippen molar-refractivity contribution in [2.24, 2.45) is 5.41 Å². The Hall–Kier alpha value is -2.95. The van der Waals surface area contributed by atoms with Crippen LogP contribution in [0, 0.1) is 16.7 Å². The number of ether oxygens (including phenoxy) is 2. The van der Waals surface area contributed by atoms with E-state index >= 15 is 0 Å². The molecule has 134 valence electrons. The van der Waals surface area contributed by atoms with Crippen molar-refractivity contribution < 1.29 is 9.47 Å². The molecule has 0 aromatic carbocycles. The van der Waals surface area contributed by atoms with Gasteiger partial charge < -0.3 is 14.4 Å². The average molecular weight is 352 g/mol. The molecule has 0 N–H and O–H groups in total. The zero-order valence-electron chi connectivity index (χ0n) is 14.9. The number of nitriles is 1. The predicted molar refractivity (Wildman–Crippen MR) is 94.0 cm³/mol. The zero-order valence-corrected chi connectivity index (χ0v) is 14.9. The quantitative estimate of drug-likeness (QED) is 0.826. The lowest BCUT2D eigenvalue weighted by Crippen LogP contribution is -2.33. The highest BCUT2D eigenvalue weighted by atomic mass is 16.5. The average Bonchev–Trinajstić information content (AvgIpc) is 3.13. The number of aromatic nitrogens is 4. The summed E-state index contributed by atoms with van der Waals surface area (Å²) in [6.07, 6.45) is 6.62. The molecule has 0 radical (unpaired) electrons. The largest absolute Gasteiger partial charge is 0.480 e. The summed E-state index contributed by atoms with van der Waals surface area (Å²) >= 11 is 0. The molecule has 2 fully saturated rings. The number of methoxy groups -OCH3 is 2. The second kappa shape index (κ2) is 6.41. The number of hydrogen-bond acceptors (Lipinski definition) is 8. The molecular weight excluding hydrogens is 332 g/mol. The van der Waals surface area contributed by atoms with Gasteiger partial charge in [-0.25, -0.2) is 4.98 Å². The Labute approximate surface area is 151 Å². The highest BCUT2D eigenvalue weighted by Gasteiger charge is 2.43. The summed E-state index contributed by atoms with van der Waals surface area (Å²) in [5, 5.41) is 17.8.